The maximum atomic E-state index is 10.5. The van der Waals surface area contributed by atoms with Gasteiger partial charge in [-0.05, 0) is 35.7 Å². The summed E-state index contributed by atoms with van der Waals surface area (Å²) < 4.78 is 2.06. The van der Waals surface area contributed by atoms with Crippen molar-refractivity contribution in [3.8, 4) is 11.3 Å². The molecular formula is C23H27N6O+. The van der Waals surface area contributed by atoms with E-state index in [1.165, 1.54) is 11.1 Å². The molecule has 154 valence electrons. The van der Waals surface area contributed by atoms with Crippen molar-refractivity contribution in [1.82, 2.24) is 20.1 Å². The van der Waals surface area contributed by atoms with Crippen molar-refractivity contribution < 1.29 is 9.67 Å². The quantitative estimate of drug-likeness (QED) is 0.372. The van der Waals surface area contributed by atoms with Gasteiger partial charge >= 0.3 is 0 Å². The number of nitrogens with zero attached hydrogens (tertiary/aromatic N) is 3. The van der Waals surface area contributed by atoms with E-state index in [0.29, 0.717) is 13.1 Å². The minimum Gasteiger partial charge on any atom is -0.390 e. The van der Waals surface area contributed by atoms with Crippen LogP contribution >= 0.6 is 0 Å². The van der Waals surface area contributed by atoms with Crippen molar-refractivity contribution in [3.63, 3.8) is 0 Å². The Kier molecular flexibility index (Phi) is 4.98. The number of aromatic amines is 2. The lowest BCUT2D eigenvalue weighted by Crippen LogP contribution is -2.39. The number of imidazole rings is 1. The summed E-state index contributed by atoms with van der Waals surface area (Å²) in [6.45, 7) is 3.01. The van der Waals surface area contributed by atoms with E-state index in [1.807, 2.05) is 19.4 Å². The molecule has 0 radical (unpaired) electrons. The number of hydrogen-bond donors (Lipinski definition) is 4. The molecule has 7 nitrogen and oxygen atoms in total. The molecule has 0 saturated carbocycles. The van der Waals surface area contributed by atoms with E-state index in [0.717, 1.165) is 47.6 Å². The zero-order valence-electron chi connectivity index (χ0n) is 17.1. The number of hydrogen-bond acceptors (Lipinski definition) is 4. The highest BCUT2D eigenvalue weighted by Gasteiger charge is 2.18. The number of aromatic nitrogens is 4. The van der Waals surface area contributed by atoms with Crippen molar-refractivity contribution in [2.75, 3.05) is 25.0 Å². The van der Waals surface area contributed by atoms with Crippen molar-refractivity contribution in [3.05, 3.63) is 66.0 Å². The first-order valence-corrected chi connectivity index (χ1v) is 10.4. The molecule has 30 heavy (non-hydrogen) atoms. The smallest absolute Gasteiger partial charge is 0.242 e. The Labute approximate surface area is 175 Å². The van der Waals surface area contributed by atoms with Crippen LogP contribution in [-0.4, -0.2) is 50.9 Å². The number of rotatable bonds is 6. The fourth-order valence-electron chi connectivity index (χ4n) is 4.22. The Morgan fingerprint density at radius 1 is 1.20 bits per heavy atom. The van der Waals surface area contributed by atoms with Gasteiger partial charge in [-0.2, -0.15) is 5.10 Å². The molecule has 1 aliphatic heterocycles. The first kappa shape index (κ1) is 18.8. The summed E-state index contributed by atoms with van der Waals surface area (Å²) in [7, 11) is 2.02. The number of anilines is 1. The monoisotopic (exact) mass is 403 g/mol. The topological polar surface area (TPSA) is 83.8 Å². The second-order valence-corrected chi connectivity index (χ2v) is 8.07. The highest BCUT2D eigenvalue weighted by Crippen LogP contribution is 2.23. The molecule has 4 N–H and O–H groups in total. The number of aliphatic hydroxyl groups is 1. The lowest BCUT2D eigenvalue weighted by molar-refractivity contribution is -0.644. The van der Waals surface area contributed by atoms with Crippen LogP contribution in [0.25, 0.3) is 22.3 Å². The van der Waals surface area contributed by atoms with Gasteiger partial charge < -0.3 is 10.4 Å². The first-order chi connectivity index (χ1) is 14.7. The Morgan fingerprint density at radius 2 is 2.07 bits per heavy atom. The van der Waals surface area contributed by atoms with Crippen LogP contribution in [0.5, 0.6) is 0 Å². The Balaban J connectivity index is 1.17. The number of aryl methyl sites for hydroxylation is 1. The van der Waals surface area contributed by atoms with Gasteiger partial charge in [-0.1, -0.05) is 24.3 Å². The molecule has 0 fully saturated rings. The molecule has 1 unspecified atom stereocenters. The third kappa shape index (κ3) is 3.81. The van der Waals surface area contributed by atoms with E-state index in [-0.39, 0.29) is 0 Å². The van der Waals surface area contributed by atoms with Crippen molar-refractivity contribution in [2.24, 2.45) is 7.05 Å². The molecule has 4 aromatic rings. The van der Waals surface area contributed by atoms with Crippen LogP contribution in [-0.2, 0) is 20.0 Å². The normalized spacial score (nSPS) is 15.3. The number of β-amino-alcohol motifs (C(OH)–C–C–N with tert-alkyl or cyclic N) is 1. The molecular weight excluding hydrogens is 376 g/mol. The van der Waals surface area contributed by atoms with Crippen LogP contribution in [0.2, 0.25) is 0 Å². The molecule has 0 amide bonds. The largest absolute Gasteiger partial charge is 0.390 e. The third-order valence-corrected chi connectivity index (χ3v) is 5.88. The fraction of sp³-hybridized carbons (Fsp3) is 0.304. The highest BCUT2D eigenvalue weighted by atomic mass is 16.3. The molecule has 1 aliphatic rings. The van der Waals surface area contributed by atoms with Gasteiger partial charge in [0.15, 0.2) is 11.0 Å². The van der Waals surface area contributed by atoms with Crippen molar-refractivity contribution >= 4 is 16.9 Å². The lowest BCUT2D eigenvalue weighted by Gasteiger charge is -2.30. The minimum absolute atomic E-state index is 0.453. The minimum atomic E-state index is -0.453. The molecule has 7 heteroatoms. The molecule has 2 aromatic heterocycles. The molecule has 3 heterocycles. The van der Waals surface area contributed by atoms with Crippen LogP contribution in [0.15, 0.2) is 54.9 Å². The maximum Gasteiger partial charge on any atom is 0.242 e. The van der Waals surface area contributed by atoms with E-state index < -0.39 is 6.10 Å². The summed E-state index contributed by atoms with van der Waals surface area (Å²) >= 11 is 0. The summed E-state index contributed by atoms with van der Waals surface area (Å²) in [6, 6.07) is 16.8. The van der Waals surface area contributed by atoms with E-state index in [2.05, 4.69) is 72.4 Å². The van der Waals surface area contributed by atoms with Gasteiger partial charge in [0.1, 0.15) is 5.82 Å². The van der Waals surface area contributed by atoms with E-state index in [4.69, 9.17) is 0 Å². The number of nitrogens with one attached hydrogen (secondary N) is 3. The van der Waals surface area contributed by atoms with E-state index in [9.17, 15) is 5.11 Å². The van der Waals surface area contributed by atoms with Crippen LogP contribution in [0.3, 0.4) is 0 Å². The van der Waals surface area contributed by atoms with Crippen molar-refractivity contribution in [2.45, 2.75) is 19.1 Å². The van der Waals surface area contributed by atoms with Gasteiger partial charge in [0.2, 0.25) is 6.33 Å². The average molecular weight is 404 g/mol. The lowest BCUT2D eigenvalue weighted by atomic mass is 10.00. The van der Waals surface area contributed by atoms with Crippen LogP contribution in [0.1, 0.15) is 11.1 Å². The second kappa shape index (κ2) is 7.93. The van der Waals surface area contributed by atoms with Crippen molar-refractivity contribution in [1.29, 1.82) is 0 Å². The average Bonchev–Trinajstić information content (AvgIpc) is 3.39. The number of aliphatic hydroxyl groups excluding tert-OH is 1. The highest BCUT2D eigenvalue weighted by molar-refractivity contribution is 5.78. The summed E-state index contributed by atoms with van der Waals surface area (Å²) in [5.74, 6) is 0.741. The van der Waals surface area contributed by atoms with Gasteiger partial charge in [-0.25, -0.2) is 9.55 Å². The maximum absolute atomic E-state index is 10.5. The van der Waals surface area contributed by atoms with E-state index >= 15 is 0 Å². The van der Waals surface area contributed by atoms with Gasteiger partial charge in [-0.3, -0.25) is 10.00 Å². The fourth-order valence-corrected chi connectivity index (χ4v) is 4.22. The molecule has 0 aliphatic carbocycles. The number of benzene rings is 2. The number of fused-ring (bicyclic) bond motifs is 2. The Hall–Kier alpha value is -3.16. The second-order valence-electron chi connectivity index (χ2n) is 8.07. The SMILES string of the molecule is C[n+]1c[nH]c2cc(-c3cc(NCC(O)CN4CCc5ccccc5C4)n[nH]3)ccc21. The molecule has 0 spiro atoms. The van der Waals surface area contributed by atoms with Gasteiger partial charge in [0, 0.05) is 37.8 Å². The predicted molar refractivity (Wildman–Crippen MR) is 117 cm³/mol. The van der Waals surface area contributed by atoms with Gasteiger partial charge in [0.05, 0.1) is 18.8 Å². The Bertz CT molecular complexity index is 1160. The van der Waals surface area contributed by atoms with Crippen LogP contribution < -0.4 is 9.88 Å². The zero-order chi connectivity index (χ0) is 20.5. The third-order valence-electron chi connectivity index (χ3n) is 5.88. The molecule has 0 bridgehead atoms. The van der Waals surface area contributed by atoms with Gasteiger partial charge in [-0.15, -0.1) is 0 Å². The molecule has 2 aromatic carbocycles. The summed E-state index contributed by atoms with van der Waals surface area (Å²) in [5.41, 5.74) is 7.04. The zero-order valence-corrected chi connectivity index (χ0v) is 17.1. The summed E-state index contributed by atoms with van der Waals surface area (Å²) in [5, 5.41) is 21.2. The molecule has 1 atom stereocenters. The Morgan fingerprint density at radius 3 is 2.97 bits per heavy atom. The van der Waals surface area contributed by atoms with Gasteiger partial charge in [0.25, 0.3) is 0 Å². The summed E-state index contributed by atoms with van der Waals surface area (Å²) in [4.78, 5) is 5.58. The van der Waals surface area contributed by atoms with Crippen LogP contribution in [0, 0.1) is 0 Å². The molecule has 0 saturated heterocycles. The molecule has 5 rings (SSSR count). The first-order valence-electron chi connectivity index (χ1n) is 10.4. The van der Waals surface area contributed by atoms with Crippen LogP contribution in [0.4, 0.5) is 5.82 Å². The summed E-state index contributed by atoms with van der Waals surface area (Å²) in [6.07, 6.45) is 2.53. The predicted octanol–water partition coefficient (Wildman–Crippen LogP) is 2.21. The standard InChI is InChI=1S/C23H26N6O/c1-28-15-25-21-10-17(6-7-22(21)28)20-11-23(27-26-20)24-12-19(30)14-29-9-8-16-4-2-3-5-18(16)13-29/h2-7,10-11,15,19,30H,8-9,12-14H2,1H3,(H2,24,26,27)/p+1. The number of H-pyrrole nitrogens is 2. The van der Waals surface area contributed by atoms with E-state index in [1.54, 1.807) is 0 Å².